The third-order valence-corrected chi connectivity index (χ3v) is 6.31. The van der Waals surface area contributed by atoms with Crippen LogP contribution in [0.3, 0.4) is 0 Å². The summed E-state index contributed by atoms with van der Waals surface area (Å²) < 4.78 is 13.0. The molecule has 3 aromatic rings. The molecule has 0 unspecified atom stereocenters. The fourth-order valence-electron chi connectivity index (χ4n) is 4.72. The minimum atomic E-state index is 0.0413. The van der Waals surface area contributed by atoms with Crippen molar-refractivity contribution in [1.82, 2.24) is 14.7 Å². The molecule has 2 heterocycles. The van der Waals surface area contributed by atoms with Crippen LogP contribution in [-0.4, -0.2) is 47.9 Å². The van der Waals surface area contributed by atoms with Gasteiger partial charge < -0.3 is 14.4 Å². The Morgan fingerprint density at radius 1 is 0.935 bits per heavy atom. The molecule has 1 aromatic heterocycles. The molecule has 160 valence electrons. The van der Waals surface area contributed by atoms with Gasteiger partial charge in [0, 0.05) is 30.6 Å². The van der Waals surface area contributed by atoms with Gasteiger partial charge in [-0.25, -0.2) is 4.68 Å². The number of rotatable bonds is 4. The van der Waals surface area contributed by atoms with Crippen molar-refractivity contribution in [2.24, 2.45) is 0 Å². The number of methoxy groups -OCH3 is 2. The van der Waals surface area contributed by atoms with E-state index in [9.17, 15) is 4.79 Å². The molecule has 6 nitrogen and oxygen atoms in total. The lowest BCUT2D eigenvalue weighted by molar-refractivity contribution is 0.0754. The molecular weight excluding hydrogens is 390 g/mol. The molecule has 0 bridgehead atoms. The van der Waals surface area contributed by atoms with Gasteiger partial charge in [0.2, 0.25) is 0 Å². The number of para-hydroxylation sites is 1. The van der Waals surface area contributed by atoms with Gasteiger partial charge in [-0.05, 0) is 42.7 Å². The molecule has 1 saturated heterocycles. The van der Waals surface area contributed by atoms with Crippen molar-refractivity contribution in [3.05, 3.63) is 59.3 Å². The first-order chi connectivity index (χ1) is 15.2. The van der Waals surface area contributed by atoms with Gasteiger partial charge in [-0.3, -0.25) is 4.79 Å². The maximum absolute atomic E-state index is 13.6. The van der Waals surface area contributed by atoms with Gasteiger partial charge in [0.05, 0.1) is 25.6 Å². The zero-order valence-corrected chi connectivity index (χ0v) is 18.1. The highest BCUT2D eigenvalue weighted by molar-refractivity contribution is 5.97. The number of benzene rings is 2. The van der Waals surface area contributed by atoms with Crippen molar-refractivity contribution in [3.63, 3.8) is 0 Å². The normalized spacial score (nSPS) is 15.2. The average Bonchev–Trinajstić information content (AvgIpc) is 3.22. The number of nitrogens with zero attached hydrogens (tertiary/aromatic N) is 3. The van der Waals surface area contributed by atoms with E-state index in [0.29, 0.717) is 23.6 Å². The van der Waals surface area contributed by atoms with Crippen LogP contribution in [0.2, 0.25) is 0 Å². The van der Waals surface area contributed by atoms with Gasteiger partial charge >= 0.3 is 0 Å². The highest BCUT2D eigenvalue weighted by atomic mass is 16.5. The van der Waals surface area contributed by atoms with E-state index in [-0.39, 0.29) is 5.91 Å². The molecule has 1 aliphatic heterocycles. The first-order valence-electron chi connectivity index (χ1n) is 10.9. The van der Waals surface area contributed by atoms with Crippen LogP contribution in [0, 0.1) is 0 Å². The third kappa shape index (κ3) is 3.36. The topological polar surface area (TPSA) is 56.6 Å². The summed E-state index contributed by atoms with van der Waals surface area (Å²) >= 11 is 0. The van der Waals surface area contributed by atoms with Crippen LogP contribution in [0.25, 0.3) is 16.9 Å². The van der Waals surface area contributed by atoms with Crippen LogP contribution >= 0.6 is 0 Å². The Labute approximate surface area is 182 Å². The van der Waals surface area contributed by atoms with Gasteiger partial charge in [0.15, 0.2) is 17.2 Å². The number of likely N-dealkylation sites (tertiary alicyclic amines) is 1. The Kier molecular flexibility index (Phi) is 5.14. The predicted molar refractivity (Wildman–Crippen MR) is 119 cm³/mol. The highest BCUT2D eigenvalue weighted by Crippen LogP contribution is 2.45. The van der Waals surface area contributed by atoms with Gasteiger partial charge in [-0.2, -0.15) is 5.10 Å². The average molecular weight is 418 g/mol. The summed E-state index contributed by atoms with van der Waals surface area (Å²) in [6, 6.07) is 14.0. The number of carbonyl (C=O) groups excluding carboxylic acids is 1. The second-order valence-corrected chi connectivity index (χ2v) is 8.17. The smallest absolute Gasteiger partial charge is 0.274 e. The molecule has 1 amide bonds. The molecule has 0 N–H and O–H groups in total. The van der Waals surface area contributed by atoms with E-state index in [1.165, 1.54) is 12.8 Å². The monoisotopic (exact) mass is 417 g/mol. The molecule has 0 spiro atoms. The van der Waals surface area contributed by atoms with Crippen molar-refractivity contribution in [1.29, 1.82) is 0 Å². The van der Waals surface area contributed by atoms with Gasteiger partial charge in [0.25, 0.3) is 5.91 Å². The van der Waals surface area contributed by atoms with E-state index in [2.05, 4.69) is 0 Å². The van der Waals surface area contributed by atoms with Crippen LogP contribution in [0.4, 0.5) is 0 Å². The molecule has 0 saturated carbocycles. The predicted octanol–water partition coefficient (Wildman–Crippen LogP) is 4.48. The van der Waals surface area contributed by atoms with Crippen LogP contribution in [0.15, 0.2) is 42.5 Å². The first kappa shape index (κ1) is 19.7. The zero-order chi connectivity index (χ0) is 21.4. The van der Waals surface area contributed by atoms with Crippen molar-refractivity contribution < 1.29 is 14.3 Å². The summed E-state index contributed by atoms with van der Waals surface area (Å²) in [5, 5.41) is 4.86. The molecule has 2 aromatic carbocycles. The molecule has 5 rings (SSSR count). The number of hydrogen-bond acceptors (Lipinski definition) is 4. The van der Waals surface area contributed by atoms with Crippen LogP contribution in [0.5, 0.6) is 11.5 Å². The van der Waals surface area contributed by atoms with Gasteiger partial charge in [-0.15, -0.1) is 0 Å². The number of ether oxygens (including phenoxy) is 2. The molecule has 0 radical (unpaired) electrons. The summed E-state index contributed by atoms with van der Waals surface area (Å²) in [5.74, 6) is 1.42. The molecule has 31 heavy (non-hydrogen) atoms. The molecule has 1 fully saturated rings. The van der Waals surface area contributed by atoms with Crippen LogP contribution in [-0.2, 0) is 6.42 Å². The molecular formula is C25H27N3O3. The Bertz CT molecular complexity index is 1110. The van der Waals surface area contributed by atoms with E-state index < -0.39 is 0 Å². The fourth-order valence-corrected chi connectivity index (χ4v) is 4.72. The second kappa shape index (κ2) is 8.10. The van der Waals surface area contributed by atoms with E-state index >= 15 is 0 Å². The fraction of sp³-hybridized carbons (Fsp3) is 0.360. The minimum absolute atomic E-state index is 0.0413. The largest absolute Gasteiger partial charge is 0.493 e. The van der Waals surface area contributed by atoms with Crippen molar-refractivity contribution in [2.75, 3.05) is 27.3 Å². The number of carbonyl (C=O) groups is 1. The number of fused-ring (bicyclic) bond motifs is 3. The lowest BCUT2D eigenvalue weighted by atomic mass is 10.1. The summed E-state index contributed by atoms with van der Waals surface area (Å²) in [6.45, 7) is 1.61. The number of aromatic nitrogens is 2. The maximum atomic E-state index is 13.6. The summed E-state index contributed by atoms with van der Waals surface area (Å²) in [5.41, 5.74) is 5.63. The van der Waals surface area contributed by atoms with Gasteiger partial charge in [0.1, 0.15) is 0 Å². The Morgan fingerprint density at radius 2 is 1.61 bits per heavy atom. The second-order valence-electron chi connectivity index (χ2n) is 8.17. The lowest BCUT2D eigenvalue weighted by Crippen LogP contribution is -2.32. The van der Waals surface area contributed by atoms with E-state index in [1.807, 2.05) is 52.0 Å². The maximum Gasteiger partial charge on any atom is 0.274 e. The van der Waals surface area contributed by atoms with Crippen LogP contribution < -0.4 is 9.47 Å². The Morgan fingerprint density at radius 3 is 2.29 bits per heavy atom. The first-order valence-corrected chi connectivity index (χ1v) is 10.9. The summed E-state index contributed by atoms with van der Waals surface area (Å²) in [7, 11) is 3.29. The molecule has 6 heteroatoms. The lowest BCUT2D eigenvalue weighted by Gasteiger charge is -2.19. The van der Waals surface area contributed by atoms with Gasteiger partial charge in [-0.1, -0.05) is 31.0 Å². The Hall–Kier alpha value is -3.28. The number of hydrogen-bond donors (Lipinski definition) is 0. The SMILES string of the molecule is COc1cc2c(cc1OC)-c1c(c(C(=O)N3CCCCCC3)nn1-c1ccccc1)C2. The molecule has 1 aliphatic carbocycles. The molecule has 0 atom stereocenters. The summed E-state index contributed by atoms with van der Waals surface area (Å²) in [4.78, 5) is 15.5. The van der Waals surface area contributed by atoms with Crippen molar-refractivity contribution in [2.45, 2.75) is 32.1 Å². The Balaban J connectivity index is 1.66. The quantitative estimate of drug-likeness (QED) is 0.491. The number of amides is 1. The highest BCUT2D eigenvalue weighted by Gasteiger charge is 2.34. The molecule has 2 aliphatic rings. The van der Waals surface area contributed by atoms with E-state index in [4.69, 9.17) is 14.6 Å². The third-order valence-electron chi connectivity index (χ3n) is 6.31. The van der Waals surface area contributed by atoms with Crippen molar-refractivity contribution in [3.8, 4) is 28.4 Å². The zero-order valence-electron chi connectivity index (χ0n) is 18.1. The minimum Gasteiger partial charge on any atom is -0.493 e. The van der Waals surface area contributed by atoms with Crippen LogP contribution in [0.1, 0.15) is 47.3 Å². The summed E-state index contributed by atoms with van der Waals surface area (Å²) in [6.07, 6.45) is 5.15. The van der Waals surface area contributed by atoms with Crippen molar-refractivity contribution >= 4 is 5.91 Å². The standard InChI is InChI=1S/C25H27N3O3/c1-30-21-15-17-14-20-23(25(29)27-12-8-3-4-9-13-27)26-28(18-10-6-5-7-11-18)24(20)19(17)16-22(21)31-2/h5-7,10-11,15-16H,3-4,8-9,12-14H2,1-2H3. The van der Waals surface area contributed by atoms with E-state index in [1.54, 1.807) is 14.2 Å². The van der Waals surface area contributed by atoms with E-state index in [0.717, 1.165) is 54.0 Å².